The zero-order valence-corrected chi connectivity index (χ0v) is 17.5. The smallest absolute Gasteiger partial charge is 0.244 e. The molecule has 1 N–H and O–H groups in total. The first-order valence-corrected chi connectivity index (χ1v) is 10.8. The summed E-state index contributed by atoms with van der Waals surface area (Å²) in [6.45, 7) is 8.95. The molecule has 0 spiro atoms. The average Bonchev–Trinajstić information content (AvgIpc) is 3.10. The molecule has 0 saturated carbocycles. The van der Waals surface area contributed by atoms with E-state index in [9.17, 15) is 8.42 Å². The van der Waals surface area contributed by atoms with E-state index in [0.29, 0.717) is 48.2 Å². The minimum Gasteiger partial charge on any atom is -0.372 e. The van der Waals surface area contributed by atoms with E-state index >= 15 is 0 Å². The number of hydrogen-bond acceptors (Lipinski definition) is 5. The van der Waals surface area contributed by atoms with Crippen LogP contribution in [-0.4, -0.2) is 40.4 Å². The quantitative estimate of drug-likeness (QED) is 0.809. The molecule has 1 aliphatic heterocycles. The van der Waals surface area contributed by atoms with E-state index in [1.165, 1.54) is 0 Å². The van der Waals surface area contributed by atoms with Crippen molar-refractivity contribution in [3.8, 4) is 0 Å². The summed E-state index contributed by atoms with van der Waals surface area (Å²) in [4.78, 5) is 4.42. The summed E-state index contributed by atoms with van der Waals surface area (Å²) < 4.78 is 38.6. The second kappa shape index (κ2) is 7.73. The Morgan fingerprint density at radius 3 is 2.74 bits per heavy atom. The molecule has 2 aromatic rings. The molecule has 9 heteroatoms. The molecule has 2 aromatic heterocycles. The Morgan fingerprint density at radius 1 is 1.37 bits per heavy atom. The molecular formula is C18H29N5O3S. The fourth-order valence-corrected chi connectivity index (χ4v) is 5.35. The molecule has 2 atom stereocenters. The Kier molecular flexibility index (Phi) is 5.73. The standard InChI is InChI=1S/C18H29N5O3S/c1-12(2)10-23-14(4)18(13(3)20-23)27(24,25)21-15-6-7-26-17(8-15)16-9-19-11-22(16)5/h9,11-12,15,17,21H,6-8,10H2,1-5H3/t15-,17+/m1/s1. The van der Waals surface area contributed by atoms with Gasteiger partial charge in [0.25, 0.3) is 0 Å². The molecule has 0 radical (unpaired) electrons. The largest absolute Gasteiger partial charge is 0.372 e. The molecular weight excluding hydrogens is 366 g/mol. The van der Waals surface area contributed by atoms with Crippen molar-refractivity contribution >= 4 is 10.0 Å². The van der Waals surface area contributed by atoms with Gasteiger partial charge in [-0.05, 0) is 32.6 Å². The minimum absolute atomic E-state index is 0.162. The summed E-state index contributed by atoms with van der Waals surface area (Å²) in [5, 5.41) is 4.44. The second-order valence-electron chi connectivity index (χ2n) is 7.71. The van der Waals surface area contributed by atoms with Crippen LogP contribution >= 0.6 is 0 Å². The first-order chi connectivity index (χ1) is 12.7. The van der Waals surface area contributed by atoms with Crippen molar-refractivity contribution < 1.29 is 13.2 Å². The molecule has 8 nitrogen and oxygen atoms in total. The van der Waals surface area contributed by atoms with Crippen LogP contribution in [0.1, 0.15) is 49.9 Å². The van der Waals surface area contributed by atoms with Crippen LogP contribution in [0.3, 0.4) is 0 Å². The maximum atomic E-state index is 13.1. The van der Waals surface area contributed by atoms with Crippen LogP contribution in [0.25, 0.3) is 0 Å². The normalized spacial score (nSPS) is 21.1. The lowest BCUT2D eigenvalue weighted by Crippen LogP contribution is -2.40. The Labute approximate surface area is 161 Å². The molecule has 27 heavy (non-hydrogen) atoms. The number of imidazole rings is 1. The highest BCUT2D eigenvalue weighted by molar-refractivity contribution is 7.89. The van der Waals surface area contributed by atoms with Gasteiger partial charge in [0.1, 0.15) is 11.0 Å². The predicted molar refractivity (Wildman–Crippen MR) is 102 cm³/mol. The van der Waals surface area contributed by atoms with Gasteiger partial charge in [-0.15, -0.1) is 0 Å². The van der Waals surface area contributed by atoms with Crippen LogP contribution in [0, 0.1) is 19.8 Å². The van der Waals surface area contributed by atoms with Gasteiger partial charge in [0, 0.05) is 26.2 Å². The van der Waals surface area contributed by atoms with Crippen molar-refractivity contribution in [1.82, 2.24) is 24.1 Å². The van der Waals surface area contributed by atoms with Gasteiger partial charge >= 0.3 is 0 Å². The van der Waals surface area contributed by atoms with Crippen LogP contribution < -0.4 is 4.72 Å². The molecule has 0 bridgehead atoms. The van der Waals surface area contributed by atoms with E-state index in [4.69, 9.17) is 4.74 Å². The van der Waals surface area contributed by atoms with Crippen LogP contribution in [0.2, 0.25) is 0 Å². The molecule has 1 fully saturated rings. The van der Waals surface area contributed by atoms with Gasteiger partial charge < -0.3 is 9.30 Å². The number of ether oxygens (including phenoxy) is 1. The van der Waals surface area contributed by atoms with E-state index in [1.807, 2.05) is 18.5 Å². The summed E-state index contributed by atoms with van der Waals surface area (Å²) in [5.41, 5.74) is 2.18. The highest BCUT2D eigenvalue weighted by atomic mass is 32.2. The lowest BCUT2D eigenvalue weighted by atomic mass is 10.0. The number of nitrogens with zero attached hydrogens (tertiary/aromatic N) is 4. The predicted octanol–water partition coefficient (Wildman–Crippen LogP) is 2.09. The van der Waals surface area contributed by atoms with Crippen LogP contribution in [-0.2, 0) is 28.4 Å². The van der Waals surface area contributed by atoms with E-state index < -0.39 is 10.0 Å². The highest BCUT2D eigenvalue weighted by Crippen LogP contribution is 2.29. The first-order valence-electron chi connectivity index (χ1n) is 9.33. The van der Waals surface area contributed by atoms with Crippen molar-refractivity contribution in [3.63, 3.8) is 0 Å². The molecule has 1 aliphatic rings. The lowest BCUT2D eigenvalue weighted by molar-refractivity contribution is -0.0000459. The molecule has 0 aromatic carbocycles. The Hall–Kier alpha value is -1.71. The van der Waals surface area contributed by atoms with Gasteiger partial charge in [-0.1, -0.05) is 13.8 Å². The zero-order chi connectivity index (χ0) is 19.8. The van der Waals surface area contributed by atoms with Gasteiger partial charge in [0.15, 0.2) is 0 Å². The molecule has 0 aliphatic carbocycles. The van der Waals surface area contributed by atoms with E-state index in [2.05, 4.69) is 28.7 Å². The number of aromatic nitrogens is 4. The average molecular weight is 396 g/mol. The van der Waals surface area contributed by atoms with Gasteiger partial charge in [-0.3, -0.25) is 4.68 Å². The lowest BCUT2D eigenvalue weighted by Gasteiger charge is -2.30. The van der Waals surface area contributed by atoms with Crippen molar-refractivity contribution in [2.75, 3.05) is 6.61 Å². The summed E-state index contributed by atoms with van der Waals surface area (Å²) >= 11 is 0. The third-order valence-electron chi connectivity index (χ3n) is 4.91. The summed E-state index contributed by atoms with van der Waals surface area (Å²) in [7, 11) is -1.74. The second-order valence-corrected chi connectivity index (χ2v) is 9.36. The number of sulfonamides is 1. The molecule has 0 amide bonds. The SMILES string of the molecule is Cc1nn(CC(C)C)c(C)c1S(=O)(=O)N[C@@H]1CCO[C@H](c2cncn2C)C1. The highest BCUT2D eigenvalue weighted by Gasteiger charge is 2.32. The van der Waals surface area contributed by atoms with Crippen LogP contribution in [0.5, 0.6) is 0 Å². The summed E-state index contributed by atoms with van der Waals surface area (Å²) in [6, 6.07) is -0.184. The van der Waals surface area contributed by atoms with Crippen molar-refractivity contribution in [2.45, 2.75) is 64.1 Å². The third-order valence-corrected chi connectivity index (χ3v) is 6.68. The van der Waals surface area contributed by atoms with E-state index in [1.54, 1.807) is 24.1 Å². The Morgan fingerprint density at radius 2 is 2.11 bits per heavy atom. The van der Waals surface area contributed by atoms with Crippen molar-refractivity contribution in [3.05, 3.63) is 29.6 Å². The molecule has 150 valence electrons. The number of nitrogens with one attached hydrogen (secondary N) is 1. The third kappa shape index (κ3) is 4.25. The topological polar surface area (TPSA) is 91.0 Å². The van der Waals surface area contributed by atoms with Gasteiger partial charge in [0.2, 0.25) is 10.0 Å². The van der Waals surface area contributed by atoms with E-state index in [0.717, 1.165) is 5.69 Å². The fourth-order valence-electron chi connectivity index (χ4n) is 3.66. The van der Waals surface area contributed by atoms with Gasteiger partial charge in [-0.25, -0.2) is 18.1 Å². The number of aryl methyl sites for hydroxylation is 2. The first kappa shape index (κ1) is 20.0. The van der Waals surface area contributed by atoms with Crippen LogP contribution in [0.4, 0.5) is 0 Å². The molecule has 3 heterocycles. The minimum atomic E-state index is -3.65. The van der Waals surface area contributed by atoms with Gasteiger partial charge in [0.05, 0.1) is 29.6 Å². The maximum absolute atomic E-state index is 13.1. The van der Waals surface area contributed by atoms with Crippen molar-refractivity contribution in [1.29, 1.82) is 0 Å². The van der Waals surface area contributed by atoms with Crippen molar-refractivity contribution in [2.24, 2.45) is 13.0 Å². The molecule has 3 rings (SSSR count). The Balaban J connectivity index is 1.78. The van der Waals surface area contributed by atoms with E-state index in [-0.39, 0.29) is 12.1 Å². The molecule has 0 unspecified atom stereocenters. The number of rotatable bonds is 6. The maximum Gasteiger partial charge on any atom is 0.244 e. The summed E-state index contributed by atoms with van der Waals surface area (Å²) in [6.07, 6.45) is 4.56. The monoisotopic (exact) mass is 395 g/mol. The van der Waals surface area contributed by atoms with Gasteiger partial charge in [-0.2, -0.15) is 5.10 Å². The Bertz CT molecular complexity index is 900. The fraction of sp³-hybridized carbons (Fsp3) is 0.667. The number of hydrogen-bond donors (Lipinski definition) is 1. The molecule has 1 saturated heterocycles. The zero-order valence-electron chi connectivity index (χ0n) is 16.6. The summed E-state index contributed by atoms with van der Waals surface area (Å²) in [5.74, 6) is 0.390. The van der Waals surface area contributed by atoms with Crippen LogP contribution in [0.15, 0.2) is 17.4 Å².